The third kappa shape index (κ3) is 5.11. The molecule has 0 spiro atoms. The van der Waals surface area contributed by atoms with Crippen molar-refractivity contribution in [2.45, 2.75) is 57.1 Å². The third-order valence-electron chi connectivity index (χ3n) is 4.16. The smallest absolute Gasteiger partial charge is 0.332 e. The highest BCUT2D eigenvalue weighted by atomic mass is 32.2. The van der Waals surface area contributed by atoms with Gasteiger partial charge in [-0.3, -0.25) is 0 Å². The van der Waals surface area contributed by atoms with E-state index in [4.69, 9.17) is 10.5 Å². The molecule has 1 saturated carbocycles. The molecule has 0 aromatic heterocycles. The van der Waals surface area contributed by atoms with Crippen molar-refractivity contribution >= 4 is 17.7 Å². The lowest BCUT2D eigenvalue weighted by Gasteiger charge is -2.27. The number of esters is 1. The number of thioether (sulfide) groups is 1. The van der Waals surface area contributed by atoms with Gasteiger partial charge >= 0.3 is 5.97 Å². The first kappa shape index (κ1) is 15.9. The first-order valence-electron chi connectivity index (χ1n) is 7.59. The number of rotatable bonds is 7. The maximum absolute atomic E-state index is 10.9. The normalized spacial score (nSPS) is 23.3. The number of nitrogens with two attached hydrogens (primary N) is 1. The van der Waals surface area contributed by atoms with Crippen LogP contribution in [0.5, 0.6) is 0 Å². The fourth-order valence-electron chi connectivity index (χ4n) is 2.93. The van der Waals surface area contributed by atoms with E-state index in [1.165, 1.54) is 38.2 Å². The first-order chi connectivity index (χ1) is 9.65. The van der Waals surface area contributed by atoms with Crippen molar-refractivity contribution < 1.29 is 14.6 Å². The van der Waals surface area contributed by atoms with Crippen LogP contribution < -0.4 is 5.73 Å². The van der Waals surface area contributed by atoms with Gasteiger partial charge in [-0.15, -0.1) is 11.8 Å². The number of aliphatic hydroxyl groups excluding tert-OH is 1. The van der Waals surface area contributed by atoms with E-state index in [-0.39, 0.29) is 12.0 Å². The van der Waals surface area contributed by atoms with Crippen LogP contribution in [0.2, 0.25) is 0 Å². The average molecular weight is 299 g/mol. The van der Waals surface area contributed by atoms with E-state index in [0.717, 1.165) is 17.1 Å². The van der Waals surface area contributed by atoms with Gasteiger partial charge in [0.2, 0.25) is 0 Å². The highest BCUT2D eigenvalue weighted by molar-refractivity contribution is 8.03. The maximum Gasteiger partial charge on any atom is 0.332 e. The van der Waals surface area contributed by atoms with Crippen LogP contribution >= 0.6 is 11.8 Å². The van der Waals surface area contributed by atoms with Crippen molar-refractivity contribution in [3.05, 3.63) is 11.0 Å². The largest absolute Gasteiger partial charge is 0.457 e. The van der Waals surface area contributed by atoms with E-state index in [1.54, 1.807) is 11.8 Å². The molecule has 0 amide bonds. The van der Waals surface area contributed by atoms with Gasteiger partial charge in [-0.1, -0.05) is 32.1 Å². The zero-order chi connectivity index (χ0) is 14.4. The molecule has 0 saturated heterocycles. The average Bonchev–Trinajstić information content (AvgIpc) is 2.85. The zero-order valence-electron chi connectivity index (χ0n) is 11.9. The van der Waals surface area contributed by atoms with Gasteiger partial charge in [0, 0.05) is 22.8 Å². The molecule has 2 rings (SSSR count). The topological polar surface area (TPSA) is 72.5 Å². The Balaban J connectivity index is 1.62. The van der Waals surface area contributed by atoms with Crippen LogP contribution in [0.15, 0.2) is 11.0 Å². The van der Waals surface area contributed by atoms with Gasteiger partial charge in [-0.2, -0.15) is 0 Å². The summed E-state index contributed by atoms with van der Waals surface area (Å²) < 4.78 is 4.83. The molecule has 5 heteroatoms. The maximum atomic E-state index is 10.9. The van der Waals surface area contributed by atoms with Gasteiger partial charge in [0.15, 0.2) is 0 Å². The Morgan fingerprint density at radius 2 is 2.15 bits per heavy atom. The first-order valence-corrected chi connectivity index (χ1v) is 8.57. The Morgan fingerprint density at radius 1 is 1.40 bits per heavy atom. The summed E-state index contributed by atoms with van der Waals surface area (Å²) in [6.07, 6.45) is 9.20. The van der Waals surface area contributed by atoms with Crippen molar-refractivity contribution in [3.63, 3.8) is 0 Å². The fraction of sp³-hybridized carbons (Fsp3) is 0.800. The number of aliphatic hydroxyl groups is 1. The van der Waals surface area contributed by atoms with E-state index < -0.39 is 6.10 Å². The van der Waals surface area contributed by atoms with Crippen LogP contribution in [-0.4, -0.2) is 35.6 Å². The molecule has 0 radical (unpaired) electrons. The second-order valence-electron chi connectivity index (χ2n) is 5.83. The summed E-state index contributed by atoms with van der Waals surface area (Å²) in [5.74, 6) is 1.22. The molecule has 1 fully saturated rings. The summed E-state index contributed by atoms with van der Waals surface area (Å²) in [6, 6.07) is -0.117. The molecule has 0 unspecified atom stereocenters. The molecule has 20 heavy (non-hydrogen) atoms. The highest BCUT2D eigenvalue weighted by Crippen LogP contribution is 2.28. The van der Waals surface area contributed by atoms with E-state index in [0.29, 0.717) is 18.9 Å². The Hall–Kier alpha value is -0.520. The number of carbonyl (C=O) groups excluding carboxylic acids is 1. The summed E-state index contributed by atoms with van der Waals surface area (Å²) in [7, 11) is 0. The van der Waals surface area contributed by atoms with Gasteiger partial charge in [0.1, 0.15) is 6.61 Å². The standard InChI is InChI=1S/C15H25NO3S/c16-13(8-11-4-2-1-3-5-11)14(17)6-7-20-12-9-15(18)19-10-12/h9,11,13-14,17H,1-8,10,16H2/t13-,14-/m0/s1. The number of ether oxygens (including phenoxy) is 1. The van der Waals surface area contributed by atoms with Crippen molar-refractivity contribution in [3.8, 4) is 0 Å². The third-order valence-corrected chi connectivity index (χ3v) is 5.21. The van der Waals surface area contributed by atoms with Gasteiger partial charge in [0.25, 0.3) is 0 Å². The number of hydrogen-bond acceptors (Lipinski definition) is 5. The van der Waals surface area contributed by atoms with Crippen LogP contribution in [0, 0.1) is 5.92 Å². The van der Waals surface area contributed by atoms with Crippen molar-refractivity contribution in [2.75, 3.05) is 12.4 Å². The SMILES string of the molecule is N[C@@H](CC1CCCCC1)[C@@H](O)CCSC1=CC(=O)OC1. The number of hydrogen-bond donors (Lipinski definition) is 2. The molecule has 0 aromatic rings. The Kier molecular flexibility index (Phi) is 6.39. The van der Waals surface area contributed by atoms with Gasteiger partial charge in [0.05, 0.1) is 6.10 Å². The lowest BCUT2D eigenvalue weighted by Crippen LogP contribution is -2.37. The molecule has 2 aliphatic rings. The Labute approximate surface area is 125 Å². The zero-order valence-corrected chi connectivity index (χ0v) is 12.7. The lowest BCUT2D eigenvalue weighted by molar-refractivity contribution is -0.134. The van der Waals surface area contributed by atoms with E-state index in [2.05, 4.69) is 0 Å². The quantitative estimate of drug-likeness (QED) is 0.705. The molecule has 1 heterocycles. The Bertz CT molecular complexity index is 353. The lowest BCUT2D eigenvalue weighted by atomic mass is 9.84. The van der Waals surface area contributed by atoms with Crippen molar-refractivity contribution in [1.29, 1.82) is 0 Å². The van der Waals surface area contributed by atoms with Gasteiger partial charge in [-0.05, 0) is 18.8 Å². The molecular weight excluding hydrogens is 274 g/mol. The molecule has 3 N–H and O–H groups in total. The molecule has 0 bridgehead atoms. The van der Waals surface area contributed by atoms with E-state index in [9.17, 15) is 9.90 Å². The van der Waals surface area contributed by atoms with Crippen LogP contribution in [-0.2, 0) is 9.53 Å². The minimum Gasteiger partial charge on any atom is -0.457 e. The molecule has 4 nitrogen and oxygen atoms in total. The predicted octanol–water partition coefficient (Wildman–Crippen LogP) is 2.21. The summed E-state index contributed by atoms with van der Waals surface area (Å²) in [5, 5.41) is 10.1. The molecule has 114 valence electrons. The molecule has 2 atom stereocenters. The fourth-order valence-corrected chi connectivity index (χ4v) is 3.87. The van der Waals surface area contributed by atoms with Crippen LogP contribution in [0.1, 0.15) is 44.9 Å². The summed E-state index contributed by atoms with van der Waals surface area (Å²) in [4.78, 5) is 11.8. The summed E-state index contributed by atoms with van der Waals surface area (Å²) in [5.41, 5.74) is 6.11. The second-order valence-corrected chi connectivity index (χ2v) is 7.05. The van der Waals surface area contributed by atoms with Crippen LogP contribution in [0.25, 0.3) is 0 Å². The second kappa shape index (κ2) is 8.05. The van der Waals surface area contributed by atoms with Gasteiger partial charge < -0.3 is 15.6 Å². The highest BCUT2D eigenvalue weighted by Gasteiger charge is 2.22. The molecule has 0 aromatic carbocycles. The van der Waals surface area contributed by atoms with Gasteiger partial charge in [-0.25, -0.2) is 4.79 Å². The Morgan fingerprint density at radius 3 is 2.80 bits per heavy atom. The van der Waals surface area contributed by atoms with E-state index >= 15 is 0 Å². The summed E-state index contributed by atoms with van der Waals surface area (Å²) >= 11 is 1.58. The predicted molar refractivity (Wildman–Crippen MR) is 81.3 cm³/mol. The minimum atomic E-state index is -0.442. The monoisotopic (exact) mass is 299 g/mol. The minimum absolute atomic E-state index is 0.117. The van der Waals surface area contributed by atoms with E-state index in [1.807, 2.05) is 0 Å². The van der Waals surface area contributed by atoms with Crippen molar-refractivity contribution in [2.24, 2.45) is 11.7 Å². The molecular formula is C15H25NO3S. The van der Waals surface area contributed by atoms with Crippen molar-refractivity contribution in [1.82, 2.24) is 0 Å². The van der Waals surface area contributed by atoms with Crippen LogP contribution in [0.3, 0.4) is 0 Å². The summed E-state index contributed by atoms with van der Waals surface area (Å²) in [6.45, 7) is 0.383. The number of carbonyl (C=O) groups is 1. The number of cyclic esters (lactones) is 1. The molecule has 1 aliphatic carbocycles. The van der Waals surface area contributed by atoms with Crippen LogP contribution in [0.4, 0.5) is 0 Å². The molecule has 1 aliphatic heterocycles.